The third-order valence-corrected chi connectivity index (χ3v) is 6.56. The van der Waals surface area contributed by atoms with Crippen LogP contribution in [0, 0.1) is 0 Å². The van der Waals surface area contributed by atoms with Gasteiger partial charge in [-0.05, 0) is 34.4 Å². The van der Waals surface area contributed by atoms with Crippen molar-refractivity contribution in [2.24, 2.45) is 0 Å². The lowest BCUT2D eigenvalue weighted by molar-refractivity contribution is -0.113. The standard InChI is InChI=1S/C25H20N2O2S/c1-26-23(24(28)30-25(26)29)21-12-7-13-22-20(21)14-15-27(22)16-18-10-5-6-11-19(18)17-8-3-2-4-9-17/h2-15,23H,16H2,1H3. The van der Waals surface area contributed by atoms with E-state index in [2.05, 4.69) is 65.4 Å². The van der Waals surface area contributed by atoms with E-state index in [1.807, 2.05) is 24.3 Å². The lowest BCUT2D eigenvalue weighted by atomic mass is 9.99. The molecule has 0 radical (unpaired) electrons. The molecule has 0 N–H and O–H groups in total. The fourth-order valence-corrected chi connectivity index (χ4v) is 5.00. The largest absolute Gasteiger partial charge is 0.343 e. The zero-order chi connectivity index (χ0) is 20.7. The van der Waals surface area contributed by atoms with Crippen LogP contribution < -0.4 is 0 Å². The maximum atomic E-state index is 12.4. The number of carbonyl (C=O) groups is 2. The predicted octanol–water partition coefficient (Wildman–Crippen LogP) is 5.72. The molecule has 5 heteroatoms. The third-order valence-electron chi connectivity index (χ3n) is 5.67. The summed E-state index contributed by atoms with van der Waals surface area (Å²) in [6, 6.07) is 26.3. The van der Waals surface area contributed by atoms with Gasteiger partial charge in [0.1, 0.15) is 6.04 Å². The fourth-order valence-electron chi connectivity index (χ4n) is 4.18. The Kier molecular flexibility index (Phi) is 4.68. The van der Waals surface area contributed by atoms with E-state index in [1.54, 1.807) is 7.05 Å². The highest BCUT2D eigenvalue weighted by Crippen LogP contribution is 2.38. The summed E-state index contributed by atoms with van der Waals surface area (Å²) < 4.78 is 2.20. The molecule has 1 atom stereocenters. The first-order valence-corrected chi connectivity index (χ1v) is 10.6. The summed E-state index contributed by atoms with van der Waals surface area (Å²) in [5.74, 6) is 0. The minimum atomic E-state index is -0.529. The number of amides is 1. The molecular weight excluding hydrogens is 392 g/mol. The topological polar surface area (TPSA) is 42.3 Å². The van der Waals surface area contributed by atoms with Gasteiger partial charge in [-0.2, -0.15) is 0 Å². The highest BCUT2D eigenvalue weighted by atomic mass is 32.2. The van der Waals surface area contributed by atoms with Crippen molar-refractivity contribution < 1.29 is 9.59 Å². The Labute approximate surface area is 179 Å². The van der Waals surface area contributed by atoms with E-state index < -0.39 is 6.04 Å². The average molecular weight is 413 g/mol. The summed E-state index contributed by atoms with van der Waals surface area (Å²) in [6.07, 6.45) is 2.06. The number of carbonyl (C=O) groups excluding carboxylic acids is 2. The summed E-state index contributed by atoms with van der Waals surface area (Å²) >= 11 is 0.790. The molecule has 2 heterocycles. The van der Waals surface area contributed by atoms with E-state index in [4.69, 9.17) is 0 Å². The lowest BCUT2D eigenvalue weighted by Gasteiger charge is -2.18. The number of rotatable bonds is 4. The number of hydrogen-bond donors (Lipinski definition) is 0. The van der Waals surface area contributed by atoms with Gasteiger partial charge in [0.05, 0.1) is 0 Å². The van der Waals surface area contributed by atoms with Crippen molar-refractivity contribution >= 4 is 33.0 Å². The Balaban J connectivity index is 1.56. The van der Waals surface area contributed by atoms with Crippen molar-refractivity contribution in [2.45, 2.75) is 12.6 Å². The van der Waals surface area contributed by atoms with E-state index in [0.29, 0.717) is 0 Å². The Morgan fingerprint density at radius 1 is 0.867 bits per heavy atom. The van der Waals surface area contributed by atoms with Gasteiger partial charge < -0.3 is 9.47 Å². The van der Waals surface area contributed by atoms with E-state index >= 15 is 0 Å². The Hall–Kier alpha value is -3.31. The molecule has 1 saturated heterocycles. The minimum absolute atomic E-state index is 0.114. The van der Waals surface area contributed by atoms with Gasteiger partial charge in [-0.15, -0.1) is 0 Å². The molecule has 1 fully saturated rings. The van der Waals surface area contributed by atoms with Crippen LogP contribution in [0.5, 0.6) is 0 Å². The van der Waals surface area contributed by atoms with Crippen molar-refractivity contribution in [3.63, 3.8) is 0 Å². The van der Waals surface area contributed by atoms with Gasteiger partial charge in [0.15, 0.2) is 0 Å². The molecule has 148 valence electrons. The van der Waals surface area contributed by atoms with Crippen LogP contribution in [0.25, 0.3) is 22.0 Å². The molecule has 0 aliphatic carbocycles. The van der Waals surface area contributed by atoms with Gasteiger partial charge in [-0.3, -0.25) is 9.59 Å². The third kappa shape index (κ3) is 3.12. The number of benzene rings is 3. The first kappa shape index (κ1) is 18.7. The summed E-state index contributed by atoms with van der Waals surface area (Å²) in [5, 5.41) is 0.700. The molecule has 30 heavy (non-hydrogen) atoms. The molecule has 4 aromatic rings. The maximum Gasteiger partial charge on any atom is 0.289 e. The molecular formula is C25H20N2O2S. The van der Waals surface area contributed by atoms with E-state index in [0.717, 1.165) is 34.8 Å². The number of likely N-dealkylation sites (N-methyl/N-ethyl adjacent to an activating group) is 1. The second kappa shape index (κ2) is 7.50. The normalized spacial score (nSPS) is 16.6. The van der Waals surface area contributed by atoms with Crippen molar-refractivity contribution in [1.82, 2.24) is 9.47 Å². The number of nitrogens with zero attached hydrogens (tertiary/aromatic N) is 2. The molecule has 0 saturated carbocycles. The monoisotopic (exact) mass is 412 g/mol. The van der Waals surface area contributed by atoms with Crippen LogP contribution in [0.1, 0.15) is 17.2 Å². The first-order chi connectivity index (χ1) is 14.6. The van der Waals surface area contributed by atoms with Gasteiger partial charge in [0.25, 0.3) is 5.24 Å². The van der Waals surface area contributed by atoms with Crippen LogP contribution in [0.2, 0.25) is 0 Å². The SMILES string of the molecule is CN1C(=O)SC(=O)C1c1cccc2c1ccn2Cc1ccccc1-c1ccccc1. The zero-order valence-corrected chi connectivity index (χ0v) is 17.3. The average Bonchev–Trinajstić information content (AvgIpc) is 3.29. The van der Waals surface area contributed by atoms with Crippen molar-refractivity contribution in [3.8, 4) is 11.1 Å². The predicted molar refractivity (Wildman–Crippen MR) is 121 cm³/mol. The number of thioether (sulfide) groups is 1. The number of hydrogen-bond acceptors (Lipinski definition) is 3. The molecule has 1 unspecified atom stereocenters. The minimum Gasteiger partial charge on any atom is -0.343 e. The molecule has 0 bridgehead atoms. The molecule has 1 aliphatic rings. The molecule has 0 spiro atoms. The van der Waals surface area contributed by atoms with E-state index in [1.165, 1.54) is 21.6 Å². The quantitative estimate of drug-likeness (QED) is 0.430. The Morgan fingerprint density at radius 2 is 1.63 bits per heavy atom. The molecule has 4 nitrogen and oxygen atoms in total. The molecule has 1 amide bonds. The fraction of sp³-hybridized carbons (Fsp3) is 0.120. The van der Waals surface area contributed by atoms with Crippen LogP contribution in [-0.2, 0) is 11.3 Å². The van der Waals surface area contributed by atoms with Gasteiger partial charge >= 0.3 is 0 Å². The van der Waals surface area contributed by atoms with Crippen LogP contribution in [-0.4, -0.2) is 26.9 Å². The van der Waals surface area contributed by atoms with E-state index in [9.17, 15) is 9.59 Å². The van der Waals surface area contributed by atoms with Crippen LogP contribution >= 0.6 is 11.8 Å². The van der Waals surface area contributed by atoms with Crippen LogP contribution in [0.3, 0.4) is 0 Å². The molecule has 3 aromatic carbocycles. The number of aromatic nitrogens is 1. The van der Waals surface area contributed by atoms with Crippen molar-refractivity contribution in [3.05, 3.63) is 96.2 Å². The number of fused-ring (bicyclic) bond motifs is 1. The zero-order valence-electron chi connectivity index (χ0n) is 16.5. The summed E-state index contributed by atoms with van der Waals surface area (Å²) in [5.41, 5.74) is 5.57. The van der Waals surface area contributed by atoms with Gasteiger partial charge in [0.2, 0.25) is 5.12 Å². The molecule has 1 aliphatic heterocycles. The summed E-state index contributed by atoms with van der Waals surface area (Å²) in [6.45, 7) is 0.722. The highest BCUT2D eigenvalue weighted by Gasteiger charge is 2.39. The van der Waals surface area contributed by atoms with Crippen LogP contribution in [0.4, 0.5) is 4.79 Å². The highest BCUT2D eigenvalue weighted by molar-refractivity contribution is 8.26. The van der Waals surface area contributed by atoms with Crippen LogP contribution in [0.15, 0.2) is 85.1 Å². The van der Waals surface area contributed by atoms with E-state index in [-0.39, 0.29) is 10.4 Å². The van der Waals surface area contributed by atoms with Crippen molar-refractivity contribution in [1.29, 1.82) is 0 Å². The first-order valence-electron chi connectivity index (χ1n) is 9.83. The molecule has 5 rings (SSSR count). The second-order valence-electron chi connectivity index (χ2n) is 7.45. The second-order valence-corrected chi connectivity index (χ2v) is 8.40. The lowest BCUT2D eigenvalue weighted by Crippen LogP contribution is -2.23. The summed E-state index contributed by atoms with van der Waals surface area (Å²) in [7, 11) is 1.69. The van der Waals surface area contributed by atoms with Gasteiger partial charge in [-0.25, -0.2) is 0 Å². The summed E-state index contributed by atoms with van der Waals surface area (Å²) in [4.78, 5) is 25.9. The molecule has 1 aromatic heterocycles. The van der Waals surface area contributed by atoms with Gasteiger partial charge in [0, 0.05) is 42.5 Å². The van der Waals surface area contributed by atoms with Crippen molar-refractivity contribution in [2.75, 3.05) is 7.05 Å². The smallest absolute Gasteiger partial charge is 0.289 e. The maximum absolute atomic E-state index is 12.4. The Bertz CT molecular complexity index is 1260. The Morgan fingerprint density at radius 3 is 2.40 bits per heavy atom. The van der Waals surface area contributed by atoms with Gasteiger partial charge in [-0.1, -0.05) is 66.7 Å².